The molecule has 0 amide bonds. The first-order chi connectivity index (χ1) is 12.1. The van der Waals surface area contributed by atoms with Crippen LogP contribution in [0.2, 0.25) is 0 Å². The Kier molecular flexibility index (Phi) is 4.43. The predicted molar refractivity (Wildman–Crippen MR) is 105 cm³/mol. The number of anilines is 1. The summed E-state index contributed by atoms with van der Waals surface area (Å²) in [4.78, 5) is 11.6. The Bertz CT molecular complexity index is 910. The number of nitrogen functional groups attached to an aromatic ring is 1. The summed E-state index contributed by atoms with van der Waals surface area (Å²) in [5.41, 5.74) is 8.75. The van der Waals surface area contributed by atoms with Crippen LogP contribution in [0.15, 0.2) is 35.5 Å². The zero-order chi connectivity index (χ0) is 17.4. The summed E-state index contributed by atoms with van der Waals surface area (Å²) < 4.78 is 6.06. The number of thiophene rings is 1. The maximum Gasteiger partial charge on any atom is 0.191 e. The molecule has 1 aliphatic heterocycles. The van der Waals surface area contributed by atoms with Gasteiger partial charge in [0.25, 0.3) is 0 Å². The number of hydrogen-bond acceptors (Lipinski definition) is 6. The highest BCUT2D eigenvalue weighted by molar-refractivity contribution is 7.98. The lowest BCUT2D eigenvalue weighted by atomic mass is 9.90. The molecule has 6 heteroatoms. The molecule has 4 nitrogen and oxygen atoms in total. The molecule has 0 bridgehead atoms. The summed E-state index contributed by atoms with van der Waals surface area (Å²) >= 11 is 3.32. The molecule has 1 aromatic carbocycles. The second kappa shape index (κ2) is 6.59. The fourth-order valence-electron chi connectivity index (χ4n) is 3.09. The third kappa shape index (κ3) is 3.26. The van der Waals surface area contributed by atoms with Gasteiger partial charge in [-0.3, -0.25) is 0 Å². The lowest BCUT2D eigenvalue weighted by molar-refractivity contribution is -0.0542. The number of nitrogens with two attached hydrogens (primary N) is 1. The highest BCUT2D eigenvalue weighted by Crippen LogP contribution is 2.41. The molecule has 0 aliphatic carbocycles. The highest BCUT2D eigenvalue weighted by Gasteiger charge is 2.32. The van der Waals surface area contributed by atoms with Gasteiger partial charge >= 0.3 is 0 Å². The Hall–Kier alpha value is -1.63. The standard InChI is InChI=1S/C19H21N3OS2/c1-3-19(2)9-13-14(10-23-19)25-17-15(13)16(20)21-18(22-17)24-11-12-7-5-4-6-8-12/h4-8H,3,9-11H2,1-2H3,(H2,20,21,22)/t19-/m1/s1. The molecule has 0 saturated carbocycles. The number of thioether (sulfide) groups is 1. The van der Waals surface area contributed by atoms with Crippen molar-refractivity contribution in [3.63, 3.8) is 0 Å². The van der Waals surface area contributed by atoms with E-state index in [9.17, 15) is 0 Å². The van der Waals surface area contributed by atoms with E-state index in [1.54, 1.807) is 23.1 Å². The Morgan fingerprint density at radius 3 is 2.84 bits per heavy atom. The molecule has 0 saturated heterocycles. The first-order valence-electron chi connectivity index (χ1n) is 8.46. The minimum atomic E-state index is -0.117. The van der Waals surface area contributed by atoms with E-state index in [2.05, 4.69) is 31.0 Å². The number of ether oxygens (including phenoxy) is 1. The SMILES string of the molecule is CC[C@]1(C)Cc2c(sc3nc(SCc4ccccc4)nc(N)c23)CO1. The third-order valence-electron chi connectivity index (χ3n) is 4.80. The van der Waals surface area contributed by atoms with Gasteiger partial charge in [0, 0.05) is 17.1 Å². The number of benzene rings is 1. The quantitative estimate of drug-likeness (QED) is 0.527. The summed E-state index contributed by atoms with van der Waals surface area (Å²) in [5, 5.41) is 1.78. The van der Waals surface area contributed by atoms with Crippen molar-refractivity contribution in [2.75, 3.05) is 5.73 Å². The topological polar surface area (TPSA) is 61.0 Å². The summed E-state index contributed by atoms with van der Waals surface area (Å²) in [6.45, 7) is 4.98. The molecule has 2 N–H and O–H groups in total. The molecule has 2 aromatic heterocycles. The second-order valence-electron chi connectivity index (χ2n) is 6.62. The Morgan fingerprint density at radius 1 is 1.28 bits per heavy atom. The van der Waals surface area contributed by atoms with Crippen molar-refractivity contribution in [1.29, 1.82) is 0 Å². The van der Waals surface area contributed by atoms with Crippen LogP contribution in [0.5, 0.6) is 0 Å². The van der Waals surface area contributed by atoms with Crippen molar-refractivity contribution in [2.45, 2.75) is 49.8 Å². The second-order valence-corrected chi connectivity index (χ2v) is 8.64. The van der Waals surface area contributed by atoms with Crippen molar-refractivity contribution in [1.82, 2.24) is 9.97 Å². The van der Waals surface area contributed by atoms with Gasteiger partial charge in [0.1, 0.15) is 10.6 Å². The van der Waals surface area contributed by atoms with E-state index in [-0.39, 0.29) is 5.60 Å². The summed E-state index contributed by atoms with van der Waals surface area (Å²) in [6, 6.07) is 10.3. The molecule has 0 spiro atoms. The highest BCUT2D eigenvalue weighted by atomic mass is 32.2. The van der Waals surface area contributed by atoms with Crippen LogP contribution >= 0.6 is 23.1 Å². The van der Waals surface area contributed by atoms with E-state index in [4.69, 9.17) is 15.5 Å². The molecule has 3 heterocycles. The minimum absolute atomic E-state index is 0.117. The Labute approximate surface area is 155 Å². The molecule has 1 aliphatic rings. The van der Waals surface area contributed by atoms with E-state index in [0.29, 0.717) is 12.4 Å². The molecule has 4 rings (SSSR count). The number of fused-ring (bicyclic) bond motifs is 3. The van der Waals surface area contributed by atoms with Gasteiger partial charge in [0.2, 0.25) is 0 Å². The van der Waals surface area contributed by atoms with Crippen LogP contribution in [-0.4, -0.2) is 15.6 Å². The first-order valence-corrected chi connectivity index (χ1v) is 10.3. The van der Waals surface area contributed by atoms with Crippen LogP contribution < -0.4 is 5.73 Å². The van der Waals surface area contributed by atoms with Crippen molar-refractivity contribution in [2.24, 2.45) is 0 Å². The fourth-order valence-corrected chi connectivity index (χ4v) is 5.07. The zero-order valence-corrected chi connectivity index (χ0v) is 16.0. The summed E-state index contributed by atoms with van der Waals surface area (Å²) in [5.74, 6) is 1.44. The summed E-state index contributed by atoms with van der Waals surface area (Å²) in [6.07, 6.45) is 1.86. The molecule has 25 heavy (non-hydrogen) atoms. The Balaban J connectivity index is 1.65. The number of nitrogens with zero attached hydrogens (tertiary/aromatic N) is 2. The average molecular weight is 372 g/mol. The molecule has 3 aromatic rings. The van der Waals surface area contributed by atoms with Crippen molar-refractivity contribution in [3.8, 4) is 0 Å². The summed E-state index contributed by atoms with van der Waals surface area (Å²) in [7, 11) is 0. The van der Waals surface area contributed by atoms with Gasteiger partial charge in [-0.05, 0) is 24.5 Å². The molecule has 0 fully saturated rings. The lowest BCUT2D eigenvalue weighted by Gasteiger charge is -2.33. The van der Waals surface area contributed by atoms with E-state index < -0.39 is 0 Å². The smallest absolute Gasteiger partial charge is 0.191 e. The molecular weight excluding hydrogens is 350 g/mol. The van der Waals surface area contributed by atoms with E-state index in [0.717, 1.165) is 34.0 Å². The first kappa shape index (κ1) is 16.8. The van der Waals surface area contributed by atoms with Crippen molar-refractivity contribution < 1.29 is 4.74 Å². The maximum absolute atomic E-state index is 6.33. The van der Waals surface area contributed by atoms with Gasteiger partial charge in [-0.2, -0.15) is 0 Å². The van der Waals surface area contributed by atoms with Crippen molar-refractivity contribution >= 4 is 39.1 Å². The number of rotatable bonds is 4. The van der Waals surface area contributed by atoms with E-state index in [1.807, 2.05) is 18.2 Å². The van der Waals surface area contributed by atoms with Crippen LogP contribution in [0.4, 0.5) is 5.82 Å². The van der Waals surface area contributed by atoms with Gasteiger partial charge < -0.3 is 10.5 Å². The molecular formula is C19H21N3OS2. The number of hydrogen-bond donors (Lipinski definition) is 1. The minimum Gasteiger partial charge on any atom is -0.383 e. The van der Waals surface area contributed by atoms with E-state index in [1.165, 1.54) is 16.0 Å². The number of aromatic nitrogens is 2. The van der Waals surface area contributed by atoms with Crippen LogP contribution in [0.25, 0.3) is 10.2 Å². The largest absolute Gasteiger partial charge is 0.383 e. The zero-order valence-electron chi connectivity index (χ0n) is 14.4. The van der Waals surface area contributed by atoms with Crippen LogP contribution in [0.3, 0.4) is 0 Å². The maximum atomic E-state index is 6.33. The third-order valence-corrected chi connectivity index (χ3v) is 6.82. The normalized spacial score (nSPS) is 19.9. The molecule has 0 radical (unpaired) electrons. The molecule has 130 valence electrons. The van der Waals surface area contributed by atoms with Gasteiger partial charge in [0.15, 0.2) is 5.16 Å². The monoisotopic (exact) mass is 371 g/mol. The van der Waals surface area contributed by atoms with Crippen LogP contribution in [0.1, 0.15) is 36.3 Å². The average Bonchev–Trinajstić information content (AvgIpc) is 2.98. The lowest BCUT2D eigenvalue weighted by Crippen LogP contribution is -2.33. The van der Waals surface area contributed by atoms with Crippen LogP contribution in [0, 0.1) is 0 Å². The van der Waals surface area contributed by atoms with Gasteiger partial charge in [-0.25, -0.2) is 9.97 Å². The van der Waals surface area contributed by atoms with Crippen LogP contribution in [-0.2, 0) is 23.5 Å². The van der Waals surface area contributed by atoms with Crippen molar-refractivity contribution in [3.05, 3.63) is 46.3 Å². The van der Waals surface area contributed by atoms with E-state index >= 15 is 0 Å². The molecule has 1 atom stereocenters. The molecule has 0 unspecified atom stereocenters. The van der Waals surface area contributed by atoms with Gasteiger partial charge in [0.05, 0.1) is 17.6 Å². The predicted octanol–water partition coefficient (Wildman–Crippen LogP) is 4.81. The van der Waals surface area contributed by atoms with Gasteiger partial charge in [-0.1, -0.05) is 49.0 Å². The van der Waals surface area contributed by atoms with Gasteiger partial charge in [-0.15, -0.1) is 11.3 Å². The Morgan fingerprint density at radius 2 is 2.08 bits per heavy atom. The fraction of sp³-hybridized carbons (Fsp3) is 0.368.